The van der Waals surface area contributed by atoms with Gasteiger partial charge in [-0.05, 0) is 34.3 Å². The van der Waals surface area contributed by atoms with Crippen molar-refractivity contribution >= 4 is 27.3 Å². The molecule has 0 spiro atoms. The molecule has 86 valence electrons. The summed E-state index contributed by atoms with van der Waals surface area (Å²) < 4.78 is 3.33. The van der Waals surface area contributed by atoms with Gasteiger partial charge in [-0.2, -0.15) is 0 Å². The van der Waals surface area contributed by atoms with E-state index < -0.39 is 0 Å². The van der Waals surface area contributed by atoms with Crippen molar-refractivity contribution < 1.29 is 0 Å². The van der Waals surface area contributed by atoms with Gasteiger partial charge in [-0.25, -0.2) is 4.98 Å². The number of nitrogens with one attached hydrogen (secondary N) is 1. The molecule has 3 nitrogen and oxygen atoms in total. The van der Waals surface area contributed by atoms with E-state index in [0.29, 0.717) is 0 Å². The van der Waals surface area contributed by atoms with Gasteiger partial charge in [0.1, 0.15) is 5.82 Å². The van der Waals surface area contributed by atoms with E-state index in [2.05, 4.69) is 49.2 Å². The highest BCUT2D eigenvalue weighted by atomic mass is 79.9. The lowest BCUT2D eigenvalue weighted by Gasteiger charge is -2.06. The molecule has 1 N–H and O–H groups in total. The summed E-state index contributed by atoms with van der Waals surface area (Å²) in [5, 5.41) is 5.49. The molecule has 2 aromatic rings. The highest BCUT2D eigenvalue weighted by molar-refractivity contribution is 9.10. The van der Waals surface area contributed by atoms with Crippen LogP contribution in [0.2, 0.25) is 0 Å². The molecule has 0 fully saturated rings. The van der Waals surface area contributed by atoms with Gasteiger partial charge in [0.25, 0.3) is 0 Å². The zero-order chi connectivity index (χ0) is 11.4. The molecular formula is C11H14BrN3S. The lowest BCUT2D eigenvalue weighted by Crippen LogP contribution is -2.15. The molecule has 0 aliphatic rings. The predicted octanol–water partition coefficient (Wildman–Crippen LogP) is 3.02. The van der Waals surface area contributed by atoms with E-state index in [4.69, 9.17) is 0 Å². The zero-order valence-corrected chi connectivity index (χ0v) is 11.5. The van der Waals surface area contributed by atoms with Gasteiger partial charge in [-0.15, -0.1) is 11.3 Å². The van der Waals surface area contributed by atoms with Crippen LogP contribution >= 0.6 is 27.3 Å². The number of halogens is 1. The van der Waals surface area contributed by atoms with E-state index in [1.54, 1.807) is 11.3 Å². The number of aryl methyl sites for hydroxylation is 1. The Bertz CT molecular complexity index is 450. The van der Waals surface area contributed by atoms with Crippen LogP contribution in [0.1, 0.15) is 17.6 Å². The van der Waals surface area contributed by atoms with Crippen molar-refractivity contribution in [1.29, 1.82) is 0 Å². The van der Waals surface area contributed by atoms with Crippen LogP contribution in [0.25, 0.3) is 0 Å². The molecule has 0 unspecified atom stereocenters. The summed E-state index contributed by atoms with van der Waals surface area (Å²) in [7, 11) is 0. The highest BCUT2D eigenvalue weighted by Gasteiger charge is 2.03. The molecule has 0 saturated carbocycles. The van der Waals surface area contributed by atoms with Crippen LogP contribution in [0.15, 0.2) is 28.3 Å². The summed E-state index contributed by atoms with van der Waals surface area (Å²) in [4.78, 5) is 5.65. The summed E-state index contributed by atoms with van der Waals surface area (Å²) in [5.74, 6) is 1.09. The monoisotopic (exact) mass is 299 g/mol. The van der Waals surface area contributed by atoms with E-state index in [1.807, 2.05) is 12.4 Å². The minimum absolute atomic E-state index is 0.811. The van der Waals surface area contributed by atoms with Crippen LogP contribution in [-0.2, 0) is 19.6 Å². The van der Waals surface area contributed by atoms with Crippen LogP contribution in [0.4, 0.5) is 0 Å². The average Bonchev–Trinajstić information content (AvgIpc) is 2.88. The molecule has 16 heavy (non-hydrogen) atoms. The first-order valence-corrected chi connectivity index (χ1v) is 6.91. The van der Waals surface area contributed by atoms with Gasteiger partial charge in [-0.3, -0.25) is 0 Å². The lowest BCUT2D eigenvalue weighted by molar-refractivity contribution is 0.615. The van der Waals surface area contributed by atoms with Crippen molar-refractivity contribution in [2.75, 3.05) is 0 Å². The lowest BCUT2D eigenvalue weighted by atomic mass is 10.4. The molecule has 5 heteroatoms. The molecule has 0 aromatic carbocycles. The largest absolute Gasteiger partial charge is 0.334 e. The van der Waals surface area contributed by atoms with Crippen molar-refractivity contribution in [3.63, 3.8) is 0 Å². The molecular weight excluding hydrogens is 286 g/mol. The molecule has 2 heterocycles. The topological polar surface area (TPSA) is 29.9 Å². The molecule has 2 rings (SSSR count). The maximum atomic E-state index is 4.32. The van der Waals surface area contributed by atoms with E-state index in [1.165, 1.54) is 9.35 Å². The van der Waals surface area contributed by atoms with Gasteiger partial charge in [-0.1, -0.05) is 0 Å². The third-order valence-corrected chi connectivity index (χ3v) is 4.33. The van der Waals surface area contributed by atoms with Crippen LogP contribution in [0.3, 0.4) is 0 Å². The van der Waals surface area contributed by atoms with Gasteiger partial charge >= 0.3 is 0 Å². The minimum atomic E-state index is 0.811. The molecule has 0 atom stereocenters. The highest BCUT2D eigenvalue weighted by Crippen LogP contribution is 2.22. The van der Waals surface area contributed by atoms with Gasteiger partial charge < -0.3 is 9.88 Å². The number of hydrogen-bond donors (Lipinski definition) is 1. The number of nitrogens with zero attached hydrogens (tertiary/aromatic N) is 2. The van der Waals surface area contributed by atoms with Crippen molar-refractivity contribution in [3.05, 3.63) is 39.0 Å². The predicted molar refractivity (Wildman–Crippen MR) is 70.5 cm³/mol. The number of hydrogen-bond acceptors (Lipinski definition) is 3. The van der Waals surface area contributed by atoms with Crippen molar-refractivity contribution in [1.82, 2.24) is 14.9 Å². The second kappa shape index (κ2) is 5.61. The van der Waals surface area contributed by atoms with Crippen LogP contribution in [0, 0.1) is 0 Å². The maximum Gasteiger partial charge on any atom is 0.122 e. The van der Waals surface area contributed by atoms with Gasteiger partial charge in [0.15, 0.2) is 0 Å². The molecule has 0 aliphatic heterocycles. The van der Waals surface area contributed by atoms with Crippen LogP contribution in [0.5, 0.6) is 0 Å². The van der Waals surface area contributed by atoms with Gasteiger partial charge in [0, 0.05) is 34.8 Å². The average molecular weight is 300 g/mol. The maximum absolute atomic E-state index is 4.32. The van der Waals surface area contributed by atoms with E-state index in [-0.39, 0.29) is 0 Å². The van der Waals surface area contributed by atoms with Crippen molar-refractivity contribution in [3.8, 4) is 0 Å². The molecule has 0 radical (unpaired) electrons. The quantitative estimate of drug-likeness (QED) is 0.920. The first-order chi connectivity index (χ1) is 7.81. The fourth-order valence-electron chi connectivity index (χ4n) is 1.53. The second-order valence-electron chi connectivity index (χ2n) is 3.42. The van der Waals surface area contributed by atoms with Crippen molar-refractivity contribution in [2.45, 2.75) is 26.6 Å². The van der Waals surface area contributed by atoms with Gasteiger partial charge in [0.2, 0.25) is 0 Å². The van der Waals surface area contributed by atoms with E-state index in [0.717, 1.165) is 25.5 Å². The summed E-state index contributed by atoms with van der Waals surface area (Å²) in [6.45, 7) is 4.79. The zero-order valence-electron chi connectivity index (χ0n) is 9.11. The minimum Gasteiger partial charge on any atom is -0.334 e. The Morgan fingerprint density at radius 1 is 1.50 bits per heavy atom. The number of imidazole rings is 1. The second-order valence-corrected chi connectivity index (χ2v) is 5.28. The normalized spacial score (nSPS) is 10.9. The van der Waals surface area contributed by atoms with E-state index in [9.17, 15) is 0 Å². The first-order valence-electron chi connectivity index (χ1n) is 5.24. The standard InChI is InChI=1S/C11H14BrN3S/c1-2-15-5-4-14-11(15)8-13-7-10-9(12)3-6-16-10/h3-6,13H,2,7-8H2,1H3. The molecule has 2 aromatic heterocycles. The summed E-state index contributed by atoms with van der Waals surface area (Å²) >= 11 is 5.28. The molecule has 0 saturated heterocycles. The third kappa shape index (κ3) is 2.72. The Balaban J connectivity index is 1.87. The van der Waals surface area contributed by atoms with Crippen LogP contribution < -0.4 is 5.32 Å². The fourth-order valence-corrected chi connectivity index (χ4v) is 3.00. The Kier molecular flexibility index (Phi) is 4.15. The molecule has 0 amide bonds. The molecule has 0 bridgehead atoms. The van der Waals surface area contributed by atoms with Crippen molar-refractivity contribution in [2.24, 2.45) is 0 Å². The number of aromatic nitrogens is 2. The Morgan fingerprint density at radius 3 is 3.06 bits per heavy atom. The number of thiophene rings is 1. The fraction of sp³-hybridized carbons (Fsp3) is 0.364. The Labute approximate surface area is 108 Å². The first kappa shape index (κ1) is 11.8. The Hall–Kier alpha value is -0.650. The summed E-state index contributed by atoms with van der Waals surface area (Å²) in [6, 6.07) is 2.08. The summed E-state index contributed by atoms with van der Waals surface area (Å²) in [5.41, 5.74) is 0. The van der Waals surface area contributed by atoms with Gasteiger partial charge in [0.05, 0.1) is 6.54 Å². The number of rotatable bonds is 5. The third-order valence-electron chi connectivity index (χ3n) is 2.40. The van der Waals surface area contributed by atoms with Crippen LogP contribution in [-0.4, -0.2) is 9.55 Å². The SMILES string of the molecule is CCn1ccnc1CNCc1sccc1Br. The molecule has 0 aliphatic carbocycles. The summed E-state index contributed by atoms with van der Waals surface area (Å²) in [6.07, 6.45) is 3.86. The Morgan fingerprint density at radius 2 is 2.38 bits per heavy atom. The van der Waals surface area contributed by atoms with E-state index >= 15 is 0 Å². The smallest absolute Gasteiger partial charge is 0.122 e.